The molecule has 198 valence electrons. The van der Waals surface area contributed by atoms with Crippen molar-refractivity contribution in [2.24, 2.45) is 16.5 Å². The third-order valence-corrected chi connectivity index (χ3v) is 7.60. The topological polar surface area (TPSA) is 120 Å². The van der Waals surface area contributed by atoms with Gasteiger partial charge in [-0.25, -0.2) is 0 Å². The molecule has 3 aromatic carbocycles. The molecule has 5 N–H and O–H groups in total. The van der Waals surface area contributed by atoms with Crippen molar-refractivity contribution in [3.05, 3.63) is 78.4 Å². The van der Waals surface area contributed by atoms with E-state index in [-0.39, 0.29) is 24.3 Å². The van der Waals surface area contributed by atoms with E-state index in [0.29, 0.717) is 32.6 Å². The maximum Gasteiger partial charge on any atom is 0.250 e. The number of aliphatic imine (C=N–C) groups is 1. The first-order valence-corrected chi connectivity index (χ1v) is 13.1. The second-order valence-electron chi connectivity index (χ2n) is 10.0. The molecule has 0 radical (unpaired) electrons. The van der Waals surface area contributed by atoms with Gasteiger partial charge in [-0.15, -0.1) is 0 Å². The van der Waals surface area contributed by atoms with Crippen LogP contribution in [0.25, 0.3) is 10.8 Å². The van der Waals surface area contributed by atoms with Crippen molar-refractivity contribution in [1.29, 1.82) is 0 Å². The number of anilines is 1. The summed E-state index contributed by atoms with van der Waals surface area (Å²) in [6.07, 6.45) is 1.40. The molecule has 2 fully saturated rings. The van der Waals surface area contributed by atoms with Gasteiger partial charge in [0, 0.05) is 31.9 Å². The van der Waals surface area contributed by atoms with Crippen molar-refractivity contribution < 1.29 is 9.59 Å². The van der Waals surface area contributed by atoms with E-state index in [0.717, 1.165) is 25.3 Å². The van der Waals surface area contributed by atoms with Gasteiger partial charge in [-0.3, -0.25) is 19.5 Å². The Kier molecular flexibility index (Phi) is 7.46. The van der Waals surface area contributed by atoms with Gasteiger partial charge < -0.3 is 26.6 Å². The predicted molar refractivity (Wildman–Crippen MR) is 150 cm³/mol. The van der Waals surface area contributed by atoms with Crippen LogP contribution in [-0.4, -0.2) is 72.5 Å². The van der Waals surface area contributed by atoms with Gasteiger partial charge in [0.25, 0.3) is 0 Å². The number of guanidine groups is 1. The Balaban J connectivity index is 1.29. The van der Waals surface area contributed by atoms with E-state index in [1.165, 1.54) is 16.3 Å². The number of piperidine rings is 1. The molecule has 2 aliphatic rings. The Morgan fingerprint density at radius 2 is 1.66 bits per heavy atom. The number of benzene rings is 3. The highest BCUT2D eigenvalue weighted by atomic mass is 16.2. The molecular formula is C29H35N7O2. The Morgan fingerprint density at radius 3 is 2.42 bits per heavy atom. The lowest BCUT2D eigenvalue weighted by Gasteiger charge is -2.43. The van der Waals surface area contributed by atoms with Gasteiger partial charge in [-0.2, -0.15) is 0 Å². The molecule has 38 heavy (non-hydrogen) atoms. The lowest BCUT2D eigenvalue weighted by molar-refractivity contribution is -0.137. The van der Waals surface area contributed by atoms with Crippen molar-refractivity contribution in [2.75, 3.05) is 44.3 Å². The number of para-hydroxylation sites is 1. The van der Waals surface area contributed by atoms with Crippen molar-refractivity contribution >= 4 is 34.2 Å². The number of nitrogens with one attached hydrogen (secondary N) is 1. The Hall–Kier alpha value is -4.11. The third-order valence-electron chi connectivity index (χ3n) is 7.60. The number of likely N-dealkylation sites (tertiary alicyclic amines) is 1. The molecule has 9 heteroatoms. The van der Waals surface area contributed by atoms with Gasteiger partial charge in [-0.1, -0.05) is 60.7 Å². The van der Waals surface area contributed by atoms with Crippen molar-refractivity contribution in [1.82, 2.24) is 15.1 Å². The first-order valence-electron chi connectivity index (χ1n) is 13.1. The van der Waals surface area contributed by atoms with Gasteiger partial charge in [0.15, 0.2) is 5.96 Å². The zero-order chi connectivity index (χ0) is 26.5. The Morgan fingerprint density at radius 1 is 0.947 bits per heavy atom. The molecule has 0 atom stereocenters. The molecule has 0 unspecified atom stereocenters. The lowest BCUT2D eigenvalue weighted by Crippen LogP contribution is -2.56. The fourth-order valence-electron chi connectivity index (χ4n) is 5.68. The van der Waals surface area contributed by atoms with Crippen LogP contribution in [0, 0.1) is 0 Å². The lowest BCUT2D eigenvalue weighted by atomic mass is 9.85. The number of nitrogens with zero attached hydrogens (tertiary/aromatic N) is 4. The highest BCUT2D eigenvalue weighted by molar-refractivity contribution is 5.96. The average Bonchev–Trinajstić information content (AvgIpc) is 3.19. The summed E-state index contributed by atoms with van der Waals surface area (Å²) in [5, 5.41) is 5.32. The summed E-state index contributed by atoms with van der Waals surface area (Å²) in [7, 11) is 0. The van der Waals surface area contributed by atoms with Gasteiger partial charge in [-0.05, 0) is 41.3 Å². The molecule has 1 spiro atoms. The SMILES string of the molecule is NC(N)=NCCNC(=O)CN1CN(c2ccccc2)C2(CCN(Cc3cccc4ccccc34)CC2)C1=O. The molecule has 0 aliphatic carbocycles. The van der Waals surface area contributed by atoms with Crippen molar-refractivity contribution in [3.8, 4) is 0 Å². The summed E-state index contributed by atoms with van der Waals surface area (Å²) in [6.45, 7) is 3.45. The number of rotatable bonds is 8. The maximum absolute atomic E-state index is 13.9. The normalized spacial score (nSPS) is 17.2. The largest absolute Gasteiger partial charge is 0.370 e. The molecule has 0 bridgehead atoms. The number of hydrogen-bond acceptors (Lipinski definition) is 5. The monoisotopic (exact) mass is 513 g/mol. The van der Waals surface area contributed by atoms with E-state index in [2.05, 4.69) is 62.6 Å². The van der Waals surface area contributed by atoms with E-state index < -0.39 is 5.54 Å². The molecule has 0 aromatic heterocycles. The summed E-state index contributed by atoms with van der Waals surface area (Å²) in [4.78, 5) is 36.7. The standard InChI is InChI=1S/C29H35N7O2/c30-28(31)33-16-15-32-26(37)20-35-21-36(24-10-2-1-3-11-24)29(27(35)38)13-17-34(18-14-29)19-23-9-6-8-22-7-4-5-12-25(22)23/h1-12H,13-21H2,(H,32,37)(H4,30,31,33). The second-order valence-corrected chi connectivity index (χ2v) is 10.0. The highest BCUT2D eigenvalue weighted by Crippen LogP contribution is 2.39. The molecule has 2 amide bonds. The minimum absolute atomic E-state index is 0.00541. The molecule has 2 aliphatic heterocycles. The summed E-state index contributed by atoms with van der Waals surface area (Å²) >= 11 is 0. The highest BCUT2D eigenvalue weighted by Gasteiger charge is 2.53. The first kappa shape index (κ1) is 25.5. The molecule has 0 saturated carbocycles. The van der Waals surface area contributed by atoms with Crippen LogP contribution < -0.4 is 21.7 Å². The number of hydrogen-bond donors (Lipinski definition) is 3. The van der Waals surface area contributed by atoms with Crippen LogP contribution in [0.5, 0.6) is 0 Å². The molecule has 5 rings (SSSR count). The van der Waals surface area contributed by atoms with Crippen LogP contribution in [0.3, 0.4) is 0 Å². The predicted octanol–water partition coefficient (Wildman–Crippen LogP) is 1.87. The van der Waals surface area contributed by atoms with E-state index in [9.17, 15) is 9.59 Å². The maximum atomic E-state index is 13.9. The summed E-state index contributed by atoms with van der Waals surface area (Å²) in [5.74, 6) is -0.214. The summed E-state index contributed by atoms with van der Waals surface area (Å²) in [6, 6.07) is 24.9. The Bertz CT molecular complexity index is 1310. The minimum atomic E-state index is -0.658. The van der Waals surface area contributed by atoms with Gasteiger partial charge in [0.05, 0.1) is 13.2 Å². The van der Waals surface area contributed by atoms with E-state index in [4.69, 9.17) is 11.5 Å². The zero-order valence-electron chi connectivity index (χ0n) is 21.6. The minimum Gasteiger partial charge on any atom is -0.370 e. The smallest absolute Gasteiger partial charge is 0.250 e. The zero-order valence-corrected chi connectivity index (χ0v) is 21.6. The van der Waals surface area contributed by atoms with Crippen LogP contribution in [0.15, 0.2) is 77.8 Å². The van der Waals surface area contributed by atoms with Crippen molar-refractivity contribution in [3.63, 3.8) is 0 Å². The second kappa shape index (κ2) is 11.1. The van der Waals surface area contributed by atoms with E-state index >= 15 is 0 Å². The number of nitrogens with two attached hydrogens (primary N) is 2. The molecule has 9 nitrogen and oxygen atoms in total. The summed E-state index contributed by atoms with van der Waals surface area (Å²) < 4.78 is 0. The molecular weight excluding hydrogens is 478 g/mol. The van der Waals surface area contributed by atoms with Crippen LogP contribution in [-0.2, 0) is 16.1 Å². The summed E-state index contributed by atoms with van der Waals surface area (Å²) in [5.41, 5.74) is 12.3. The van der Waals surface area contributed by atoms with Gasteiger partial charge in [0.2, 0.25) is 11.8 Å². The van der Waals surface area contributed by atoms with Gasteiger partial charge >= 0.3 is 0 Å². The average molecular weight is 514 g/mol. The first-order chi connectivity index (χ1) is 18.5. The fraction of sp³-hybridized carbons (Fsp3) is 0.345. The van der Waals surface area contributed by atoms with Crippen LogP contribution in [0.4, 0.5) is 5.69 Å². The van der Waals surface area contributed by atoms with Gasteiger partial charge in [0.1, 0.15) is 12.1 Å². The molecule has 3 aromatic rings. The van der Waals surface area contributed by atoms with Crippen LogP contribution >= 0.6 is 0 Å². The van der Waals surface area contributed by atoms with Crippen LogP contribution in [0.2, 0.25) is 0 Å². The van der Waals surface area contributed by atoms with E-state index in [1.807, 2.05) is 30.3 Å². The van der Waals surface area contributed by atoms with E-state index in [1.54, 1.807) is 4.90 Å². The number of amides is 2. The quantitative estimate of drug-likeness (QED) is 0.240. The number of fused-ring (bicyclic) bond motifs is 1. The number of carbonyl (C=O) groups is 2. The molecule has 2 saturated heterocycles. The van der Waals surface area contributed by atoms with Crippen molar-refractivity contribution in [2.45, 2.75) is 24.9 Å². The Labute approximate surface area is 223 Å². The fourth-order valence-corrected chi connectivity index (χ4v) is 5.68. The third kappa shape index (κ3) is 5.28. The number of carbonyl (C=O) groups excluding carboxylic acids is 2. The molecule has 2 heterocycles. The van der Waals surface area contributed by atoms with Crippen LogP contribution in [0.1, 0.15) is 18.4 Å².